The molecule has 5 aliphatic heterocycles. The van der Waals surface area contributed by atoms with E-state index in [1.54, 1.807) is 0 Å². The van der Waals surface area contributed by atoms with E-state index in [-0.39, 0.29) is 22.8 Å². The van der Waals surface area contributed by atoms with Crippen LogP contribution in [-0.4, -0.2) is 72.2 Å². The molecule has 9 nitrogen and oxygen atoms in total. The SMILES string of the molecule is C1CCC2C3NC(NC4NC(NC5NC(NC6NC(N3)C3CCCCC63)C3CCCCC53)C3CCCCC43)C2C1.O.[AlH2]. The minimum atomic E-state index is 0. The molecule has 9 fully saturated rings. The van der Waals surface area contributed by atoms with Gasteiger partial charge in [-0.1, -0.05) is 51.4 Å². The Morgan fingerprint density at radius 2 is 0.357 bits per heavy atom. The molecule has 9 rings (SSSR count). The van der Waals surface area contributed by atoms with Gasteiger partial charge in [-0.15, -0.1) is 0 Å². The van der Waals surface area contributed by atoms with Crippen molar-refractivity contribution in [3.8, 4) is 0 Å². The van der Waals surface area contributed by atoms with Crippen molar-refractivity contribution in [3.63, 3.8) is 0 Å². The summed E-state index contributed by atoms with van der Waals surface area (Å²) in [5, 5.41) is 33.8. The van der Waals surface area contributed by atoms with Crippen molar-refractivity contribution >= 4 is 17.4 Å². The Morgan fingerprint density at radius 1 is 0.238 bits per heavy atom. The number of hydrogen-bond donors (Lipinski definition) is 8. The fourth-order valence-corrected chi connectivity index (χ4v) is 12.0. The van der Waals surface area contributed by atoms with Crippen molar-refractivity contribution in [1.29, 1.82) is 0 Å². The van der Waals surface area contributed by atoms with E-state index in [0.29, 0.717) is 49.3 Å². The standard InChI is InChI=1S/C32H56N8.Al.H2O.2H/c1-2-10-18-17(9-1)25-33-26(18)38-28-21-13-5-6-14-22(21)30(35-28)40-32-24-16-8-7-15-23(24)31(36-32)39-29-20-12-4-3-11-19(20)27(34-29)37-25;;;;/h17-40H,1-16H2;;1H2;;. The highest BCUT2D eigenvalue weighted by Gasteiger charge is 2.54. The molecule has 0 aromatic rings. The van der Waals surface area contributed by atoms with Gasteiger partial charge in [0.15, 0.2) is 0 Å². The van der Waals surface area contributed by atoms with Crippen LogP contribution in [-0.2, 0) is 0 Å². The molecule has 8 unspecified atom stereocenters. The van der Waals surface area contributed by atoms with Gasteiger partial charge in [0, 0.05) is 0 Å². The van der Waals surface area contributed by atoms with E-state index < -0.39 is 0 Å². The third-order valence-corrected chi connectivity index (χ3v) is 13.8. The molecule has 0 aromatic heterocycles. The zero-order valence-corrected chi connectivity index (χ0v) is 28.1. The second kappa shape index (κ2) is 12.8. The number of hydrogen-bond acceptors (Lipinski definition) is 8. The van der Waals surface area contributed by atoms with Gasteiger partial charge in [-0.3, -0.25) is 42.5 Å². The Balaban J connectivity index is 0.00000144. The van der Waals surface area contributed by atoms with Crippen LogP contribution in [0.3, 0.4) is 0 Å². The van der Waals surface area contributed by atoms with E-state index in [0.717, 1.165) is 47.3 Å². The van der Waals surface area contributed by atoms with Crippen molar-refractivity contribution in [3.05, 3.63) is 0 Å². The van der Waals surface area contributed by atoms with Gasteiger partial charge >= 0.3 is 0 Å². The first-order chi connectivity index (χ1) is 19.8. The molecule has 8 bridgehead atoms. The highest BCUT2D eigenvalue weighted by Crippen LogP contribution is 2.45. The Morgan fingerprint density at radius 3 is 0.476 bits per heavy atom. The molecule has 5 saturated heterocycles. The maximum atomic E-state index is 4.26. The smallest absolute Gasteiger partial charge is 0.146 e. The van der Waals surface area contributed by atoms with E-state index in [4.69, 9.17) is 0 Å². The Hall–Kier alpha value is 0.172. The summed E-state index contributed by atoms with van der Waals surface area (Å²) < 4.78 is 0. The lowest BCUT2D eigenvalue weighted by molar-refractivity contribution is 0.167. The quantitative estimate of drug-likeness (QED) is 0.193. The average molecular weight is 600 g/mol. The lowest BCUT2D eigenvalue weighted by Gasteiger charge is -2.35. The van der Waals surface area contributed by atoms with E-state index >= 15 is 0 Å². The summed E-state index contributed by atoms with van der Waals surface area (Å²) in [4.78, 5) is 0. The Bertz CT molecular complexity index is 723. The predicted octanol–water partition coefficient (Wildman–Crippen LogP) is 0.865. The molecule has 4 aliphatic carbocycles. The number of nitrogens with one attached hydrogen (secondary N) is 8. The average Bonchev–Trinajstić information content (AvgIpc) is 3.73. The van der Waals surface area contributed by atoms with E-state index in [1.807, 2.05) is 0 Å². The summed E-state index contributed by atoms with van der Waals surface area (Å²) in [5.74, 6) is 5.97. The third-order valence-electron chi connectivity index (χ3n) is 13.8. The monoisotopic (exact) mass is 599 g/mol. The molecular formula is C32H60AlN8O. The Labute approximate surface area is 264 Å². The lowest BCUT2D eigenvalue weighted by atomic mass is 9.76. The molecule has 5 heterocycles. The van der Waals surface area contributed by atoms with E-state index in [9.17, 15) is 0 Å². The normalized spacial score (nSPS) is 54.9. The summed E-state index contributed by atoms with van der Waals surface area (Å²) in [5.41, 5.74) is 0. The first kappa shape index (κ1) is 30.8. The van der Waals surface area contributed by atoms with Crippen LogP contribution in [0, 0.1) is 47.3 Å². The van der Waals surface area contributed by atoms with Gasteiger partial charge in [-0.05, 0) is 98.7 Å². The van der Waals surface area contributed by atoms with Crippen molar-refractivity contribution < 1.29 is 5.48 Å². The number of rotatable bonds is 0. The number of fused-ring (bicyclic) bond motifs is 20. The highest BCUT2D eigenvalue weighted by atomic mass is 27.0. The summed E-state index contributed by atoms with van der Waals surface area (Å²) in [6.45, 7) is 0. The molecular weight excluding hydrogens is 539 g/mol. The fraction of sp³-hybridized carbons (Fsp3) is 1.00. The first-order valence-electron chi connectivity index (χ1n) is 17.9. The molecule has 0 amide bonds. The second-order valence-corrected chi connectivity index (χ2v) is 15.6. The third kappa shape index (κ3) is 5.27. The van der Waals surface area contributed by atoms with Gasteiger partial charge in [0.1, 0.15) is 17.4 Å². The predicted molar refractivity (Wildman–Crippen MR) is 169 cm³/mol. The van der Waals surface area contributed by atoms with Crippen LogP contribution >= 0.6 is 0 Å². The van der Waals surface area contributed by atoms with Crippen LogP contribution < -0.4 is 42.5 Å². The van der Waals surface area contributed by atoms with Crippen LogP contribution in [0.1, 0.15) is 103 Å². The van der Waals surface area contributed by atoms with Gasteiger partial charge in [-0.25, -0.2) is 0 Å². The van der Waals surface area contributed by atoms with Gasteiger partial charge in [0.2, 0.25) is 0 Å². The Kier molecular flexibility index (Phi) is 9.36. The summed E-state index contributed by atoms with van der Waals surface area (Å²) in [6.07, 6.45) is 25.6. The van der Waals surface area contributed by atoms with Gasteiger partial charge in [0.05, 0.1) is 49.3 Å². The first-order valence-corrected chi connectivity index (χ1v) is 17.9. The molecule has 8 atom stereocenters. The minimum absolute atomic E-state index is 0. The topological polar surface area (TPSA) is 128 Å². The maximum Gasteiger partial charge on any atom is 0.146 e. The molecule has 10 N–H and O–H groups in total. The second-order valence-electron chi connectivity index (χ2n) is 15.6. The van der Waals surface area contributed by atoms with Crippen LogP contribution in [0.25, 0.3) is 0 Å². The summed E-state index contributed by atoms with van der Waals surface area (Å²) in [7, 11) is 0. The fourth-order valence-electron chi connectivity index (χ4n) is 12.0. The summed E-state index contributed by atoms with van der Waals surface area (Å²) in [6, 6.07) is 0. The van der Waals surface area contributed by atoms with E-state index in [1.165, 1.54) is 103 Å². The minimum Gasteiger partial charge on any atom is -0.412 e. The molecule has 9 aliphatic rings. The maximum absolute atomic E-state index is 4.26. The molecule has 42 heavy (non-hydrogen) atoms. The highest BCUT2D eigenvalue weighted by molar-refractivity contribution is 5.75. The molecule has 0 aromatic carbocycles. The largest absolute Gasteiger partial charge is 0.412 e. The van der Waals surface area contributed by atoms with Crippen LogP contribution in [0.15, 0.2) is 0 Å². The molecule has 237 valence electrons. The summed E-state index contributed by atoms with van der Waals surface area (Å²) >= 11 is 0. The molecule has 1 radical (unpaired) electrons. The van der Waals surface area contributed by atoms with Crippen LogP contribution in [0.5, 0.6) is 0 Å². The van der Waals surface area contributed by atoms with E-state index in [2.05, 4.69) is 42.5 Å². The zero-order valence-electron chi connectivity index (χ0n) is 26.1. The lowest BCUT2D eigenvalue weighted by Crippen LogP contribution is -2.61. The van der Waals surface area contributed by atoms with Gasteiger partial charge < -0.3 is 5.48 Å². The molecule has 0 spiro atoms. The molecule has 4 saturated carbocycles. The zero-order chi connectivity index (χ0) is 26.2. The van der Waals surface area contributed by atoms with Crippen LogP contribution in [0.4, 0.5) is 0 Å². The van der Waals surface area contributed by atoms with Crippen LogP contribution in [0.2, 0.25) is 0 Å². The van der Waals surface area contributed by atoms with Crippen molar-refractivity contribution in [2.24, 2.45) is 47.3 Å². The van der Waals surface area contributed by atoms with Gasteiger partial charge in [-0.2, -0.15) is 0 Å². The van der Waals surface area contributed by atoms with Crippen molar-refractivity contribution in [1.82, 2.24) is 42.5 Å². The van der Waals surface area contributed by atoms with Crippen molar-refractivity contribution in [2.45, 2.75) is 152 Å². The van der Waals surface area contributed by atoms with Crippen molar-refractivity contribution in [2.75, 3.05) is 0 Å². The van der Waals surface area contributed by atoms with Gasteiger partial charge in [0.25, 0.3) is 0 Å². The molecule has 10 heteroatoms.